The number of hydrogen-bond donors (Lipinski definition) is 3. The summed E-state index contributed by atoms with van der Waals surface area (Å²) in [6.07, 6.45) is 7.81. The van der Waals surface area contributed by atoms with E-state index in [2.05, 4.69) is 30.7 Å². The number of likely N-dealkylation sites (tertiary alicyclic amines) is 1. The van der Waals surface area contributed by atoms with Crippen LogP contribution in [0.25, 0.3) is 10.9 Å². The molecule has 3 atom stereocenters. The van der Waals surface area contributed by atoms with E-state index in [1.165, 1.54) is 11.9 Å². The van der Waals surface area contributed by atoms with E-state index in [0.29, 0.717) is 51.1 Å². The predicted molar refractivity (Wildman–Crippen MR) is 240 cm³/mol. The number of imide groups is 1. The second-order valence-electron chi connectivity index (χ2n) is 18.7. The Hall–Kier alpha value is -5.65. The number of piperidine rings is 3. The molecular weight excluding hydrogens is 857 g/mol. The fraction of sp³-hybridized carbons (Fsp3) is 0.511. The maximum atomic E-state index is 16.3. The summed E-state index contributed by atoms with van der Waals surface area (Å²) < 4.78 is 30.2. The zero-order chi connectivity index (χ0) is 45.3. The molecule has 10 rings (SSSR count). The Morgan fingerprint density at radius 1 is 1.05 bits per heavy atom. The van der Waals surface area contributed by atoms with Gasteiger partial charge in [0.25, 0.3) is 17.4 Å². The maximum Gasteiger partial charge on any atom is 0.293 e. The Balaban J connectivity index is 0.707. The molecule has 2 saturated carbocycles. The molecule has 0 radical (unpaired) electrons. The largest absolute Gasteiger partial charge is 0.478 e. The number of anilines is 3. The van der Waals surface area contributed by atoms with E-state index in [1.54, 1.807) is 29.0 Å². The summed E-state index contributed by atoms with van der Waals surface area (Å²) in [6, 6.07) is 10.3. The van der Waals surface area contributed by atoms with Crippen LogP contribution in [0.4, 0.5) is 21.8 Å². The molecule has 18 heteroatoms. The highest BCUT2D eigenvalue weighted by atomic mass is 35.5. The van der Waals surface area contributed by atoms with Crippen LogP contribution in [-0.2, 0) is 31.1 Å². The molecule has 3 N–H and O–H groups in total. The first kappa shape index (κ1) is 43.3. The van der Waals surface area contributed by atoms with Crippen molar-refractivity contribution in [2.45, 2.75) is 108 Å². The van der Waals surface area contributed by atoms with Crippen LogP contribution < -0.4 is 31.1 Å². The minimum Gasteiger partial charge on any atom is -0.478 e. The first-order chi connectivity index (χ1) is 31.3. The van der Waals surface area contributed by atoms with Gasteiger partial charge in [-0.3, -0.25) is 34.2 Å². The number of carbonyl (C=O) groups excluding carboxylic acids is 4. The first-order valence-corrected chi connectivity index (χ1v) is 23.1. The molecule has 2 aliphatic carbocycles. The van der Waals surface area contributed by atoms with E-state index in [4.69, 9.17) is 26.1 Å². The van der Waals surface area contributed by atoms with Crippen molar-refractivity contribution in [2.24, 2.45) is 5.92 Å². The average Bonchev–Trinajstić information content (AvgIpc) is 3.92. The van der Waals surface area contributed by atoms with Crippen LogP contribution in [0, 0.1) is 11.7 Å². The number of pyridine rings is 1. The number of carbonyl (C=O) groups is 4. The van der Waals surface area contributed by atoms with Crippen LogP contribution in [0.3, 0.4) is 0 Å². The summed E-state index contributed by atoms with van der Waals surface area (Å²) in [6.45, 7) is 6.90. The van der Waals surface area contributed by atoms with E-state index in [9.17, 15) is 24.0 Å². The second-order valence-corrected chi connectivity index (χ2v) is 19.1. The van der Waals surface area contributed by atoms with E-state index in [1.807, 2.05) is 32.0 Å². The molecular formula is C47H53ClFN9O7. The van der Waals surface area contributed by atoms with Crippen molar-refractivity contribution < 1.29 is 33.0 Å². The van der Waals surface area contributed by atoms with Crippen LogP contribution in [-0.4, -0.2) is 112 Å². The van der Waals surface area contributed by atoms with Gasteiger partial charge < -0.3 is 34.5 Å². The lowest BCUT2D eigenvalue weighted by Gasteiger charge is -2.47. The molecule has 5 fully saturated rings. The number of aromatic nitrogens is 3. The lowest BCUT2D eigenvalue weighted by atomic mass is 9.82. The van der Waals surface area contributed by atoms with Crippen molar-refractivity contribution in [1.82, 2.24) is 35.0 Å². The van der Waals surface area contributed by atoms with Crippen molar-refractivity contribution in [3.63, 3.8) is 0 Å². The Morgan fingerprint density at radius 3 is 2.58 bits per heavy atom. The molecule has 1 unspecified atom stereocenters. The van der Waals surface area contributed by atoms with Gasteiger partial charge in [-0.15, -0.1) is 0 Å². The number of nitrogens with zero attached hydrogens (tertiary/aromatic N) is 6. The number of amides is 4. The number of nitrogens with one attached hydrogen (secondary N) is 3. The molecule has 6 aliphatic rings. The molecule has 2 aromatic heterocycles. The van der Waals surface area contributed by atoms with Gasteiger partial charge in [0.1, 0.15) is 16.9 Å². The maximum absolute atomic E-state index is 16.3. The monoisotopic (exact) mass is 909 g/mol. The molecule has 4 aromatic rings. The number of likely N-dealkylation sites (N-methyl/N-ethyl adjacent to an activating group) is 1. The second kappa shape index (κ2) is 17.0. The number of halogens is 2. The molecule has 6 heterocycles. The minimum absolute atomic E-state index is 0.0459. The van der Waals surface area contributed by atoms with E-state index in [0.717, 1.165) is 75.6 Å². The molecule has 0 bridgehead atoms. The third-order valence-electron chi connectivity index (χ3n) is 14.6. The van der Waals surface area contributed by atoms with Crippen LogP contribution in [0.2, 0.25) is 5.02 Å². The van der Waals surface area contributed by atoms with Gasteiger partial charge in [-0.25, -0.2) is 9.37 Å². The van der Waals surface area contributed by atoms with E-state index >= 15 is 4.39 Å². The molecule has 3 saturated heterocycles. The first-order valence-electron chi connectivity index (χ1n) is 22.7. The smallest absolute Gasteiger partial charge is 0.293 e. The third kappa shape index (κ3) is 7.98. The zero-order valence-corrected chi connectivity index (χ0v) is 37.5. The lowest BCUT2D eigenvalue weighted by molar-refractivity contribution is -0.137. The van der Waals surface area contributed by atoms with Gasteiger partial charge in [0.05, 0.1) is 30.5 Å². The van der Waals surface area contributed by atoms with Crippen molar-refractivity contribution in [3.05, 3.63) is 80.5 Å². The van der Waals surface area contributed by atoms with Gasteiger partial charge >= 0.3 is 0 Å². The highest BCUT2D eigenvalue weighted by molar-refractivity contribution is 6.33. The van der Waals surface area contributed by atoms with Crippen LogP contribution in [0.1, 0.15) is 92.7 Å². The Labute approximate surface area is 380 Å². The summed E-state index contributed by atoms with van der Waals surface area (Å²) in [5.41, 5.74) is 2.29. The number of fused-ring (bicyclic) bond motifs is 3. The van der Waals surface area contributed by atoms with Gasteiger partial charge in [0.2, 0.25) is 17.8 Å². The van der Waals surface area contributed by atoms with Crippen LogP contribution in [0.5, 0.6) is 5.75 Å². The Bertz CT molecular complexity index is 2670. The summed E-state index contributed by atoms with van der Waals surface area (Å²) in [4.78, 5) is 78.0. The summed E-state index contributed by atoms with van der Waals surface area (Å²) >= 11 is 6.60. The fourth-order valence-corrected chi connectivity index (χ4v) is 10.9. The number of rotatable bonds is 12. The standard InChI is InChI=1S/C47H53ClFN9O7/c1-25(2)58-36-7-4-28(16-26(36)17-38(45(58)63)64-24-40(60)50-3)52-42-35(48)21-51-46(54-42)55-13-10-30(11-14-55)65-31-18-29(19-31)56-15-12-47(20-27(47)22-56)34-6-5-32-33(41(34)49)23-57(44(32)62)37-8-9-39(59)53-43(37)61/h4-7,16-17,21,25,27,29-31,37H,8-15,18-20,22-24H2,1-3H3,(H,50,60)(H,51,52,54)(H,53,59,61)/t27-,29?,31?,37+,47?/m0/s1. The molecule has 4 amide bonds. The highest BCUT2D eigenvalue weighted by Crippen LogP contribution is 2.61. The summed E-state index contributed by atoms with van der Waals surface area (Å²) in [5.74, 6) is -0.374. The van der Waals surface area contributed by atoms with Gasteiger partial charge in [0, 0.05) is 72.8 Å². The van der Waals surface area contributed by atoms with E-state index in [-0.39, 0.29) is 84.5 Å². The zero-order valence-electron chi connectivity index (χ0n) is 36.7. The molecule has 0 spiro atoms. The SMILES string of the molecule is CNC(=O)COc1cc2cc(Nc3nc(N4CCC(OC5CC(N6CCC7(c8ccc9c(c8F)CN([C@@H]8CCC(=O)NC8=O)C9=O)C[C@H]7C6)C5)CC4)ncc3Cl)ccc2n(C(C)C)c1=O. The normalized spacial score (nSPS) is 25.6. The van der Waals surface area contributed by atoms with E-state index < -0.39 is 11.9 Å². The molecule has 4 aliphatic heterocycles. The van der Waals surface area contributed by atoms with Gasteiger partial charge in [-0.1, -0.05) is 17.7 Å². The van der Waals surface area contributed by atoms with Gasteiger partial charge in [-0.05, 0) is 107 Å². The fourth-order valence-electron chi connectivity index (χ4n) is 10.8. The van der Waals surface area contributed by atoms with Crippen molar-refractivity contribution in [3.8, 4) is 5.75 Å². The number of hydrogen-bond acceptors (Lipinski definition) is 12. The number of benzene rings is 2. The quantitative estimate of drug-likeness (QED) is 0.163. The average molecular weight is 910 g/mol. The number of ether oxygens (including phenoxy) is 2. The lowest BCUT2D eigenvalue weighted by Crippen LogP contribution is -2.52. The van der Waals surface area contributed by atoms with Crippen molar-refractivity contribution >= 4 is 63.6 Å². The topological polar surface area (TPSA) is 180 Å². The third-order valence-corrected chi connectivity index (χ3v) is 14.8. The summed E-state index contributed by atoms with van der Waals surface area (Å²) in [5, 5.41) is 9.25. The molecule has 2 aromatic carbocycles. The minimum atomic E-state index is -0.767. The predicted octanol–water partition coefficient (Wildman–Crippen LogP) is 4.97. The Kier molecular flexibility index (Phi) is 11.3. The van der Waals surface area contributed by atoms with Crippen molar-refractivity contribution in [2.75, 3.05) is 50.1 Å². The molecule has 16 nitrogen and oxygen atoms in total. The van der Waals surface area contributed by atoms with Crippen LogP contribution >= 0.6 is 11.6 Å². The van der Waals surface area contributed by atoms with Crippen LogP contribution in [0.15, 0.2) is 47.4 Å². The highest BCUT2D eigenvalue weighted by Gasteiger charge is 2.60. The Morgan fingerprint density at radius 2 is 1.85 bits per heavy atom. The van der Waals surface area contributed by atoms with Gasteiger partial charge in [-0.2, -0.15) is 4.98 Å². The molecule has 342 valence electrons. The van der Waals surface area contributed by atoms with Gasteiger partial charge in [0.15, 0.2) is 18.2 Å². The molecule has 65 heavy (non-hydrogen) atoms. The van der Waals surface area contributed by atoms with Crippen molar-refractivity contribution in [1.29, 1.82) is 0 Å². The summed E-state index contributed by atoms with van der Waals surface area (Å²) in [7, 11) is 1.51.